The largest absolute Gasteiger partial charge is 0.507 e. The molecular weight excluding hydrogens is 268 g/mol. The number of esters is 3. The molecule has 0 amide bonds. The highest BCUT2D eigenvalue weighted by atomic mass is 16.6. The number of para-hydroxylation sites is 1. The van der Waals surface area contributed by atoms with Crippen LogP contribution in [0.5, 0.6) is 5.75 Å². The van der Waals surface area contributed by atoms with Crippen LogP contribution in [0.4, 0.5) is 0 Å². The second-order valence-corrected chi connectivity index (χ2v) is 3.43. The average Bonchev–Trinajstić information content (AvgIpc) is 2.45. The Labute approximate surface area is 114 Å². The van der Waals surface area contributed by atoms with Gasteiger partial charge in [-0.25, -0.2) is 14.4 Å². The molecule has 0 aromatic heterocycles. The zero-order valence-electron chi connectivity index (χ0n) is 10.8. The van der Waals surface area contributed by atoms with Crippen molar-refractivity contribution in [1.29, 1.82) is 0 Å². The van der Waals surface area contributed by atoms with Gasteiger partial charge in [-0.15, -0.1) is 0 Å². The number of phenolic OH excluding ortho intramolecular Hbond substituents is 1. The molecule has 1 aromatic rings. The minimum Gasteiger partial charge on any atom is -0.507 e. The summed E-state index contributed by atoms with van der Waals surface area (Å²) in [5, 5.41) is 9.49. The first-order valence-electron chi connectivity index (χ1n) is 5.37. The van der Waals surface area contributed by atoms with Gasteiger partial charge in [-0.05, 0) is 12.1 Å². The van der Waals surface area contributed by atoms with Gasteiger partial charge >= 0.3 is 17.9 Å². The molecule has 0 unspecified atom stereocenters. The number of hydrogen-bond donors (Lipinski definition) is 1. The quantitative estimate of drug-likeness (QED) is 0.376. The Hall–Kier alpha value is -2.83. The van der Waals surface area contributed by atoms with Crippen molar-refractivity contribution in [2.75, 3.05) is 14.2 Å². The zero-order chi connectivity index (χ0) is 15.1. The van der Waals surface area contributed by atoms with Crippen LogP contribution in [-0.2, 0) is 23.8 Å². The first-order chi connectivity index (χ1) is 9.49. The van der Waals surface area contributed by atoms with Crippen molar-refractivity contribution in [2.45, 2.75) is 0 Å². The van der Waals surface area contributed by atoms with E-state index in [-0.39, 0.29) is 11.3 Å². The number of benzene rings is 1. The van der Waals surface area contributed by atoms with Crippen LogP contribution in [0.1, 0.15) is 10.4 Å². The number of aromatic hydroxyl groups is 1. The molecule has 0 fully saturated rings. The minimum atomic E-state index is -1.03. The Morgan fingerprint density at radius 1 is 1.10 bits per heavy atom. The molecule has 20 heavy (non-hydrogen) atoms. The van der Waals surface area contributed by atoms with Gasteiger partial charge in [-0.1, -0.05) is 12.1 Å². The zero-order valence-corrected chi connectivity index (χ0v) is 10.8. The molecule has 0 saturated carbocycles. The minimum absolute atomic E-state index is 0.160. The summed E-state index contributed by atoms with van der Waals surface area (Å²) in [5.41, 5.74) is -0.160. The molecule has 0 bridgehead atoms. The van der Waals surface area contributed by atoms with Crippen LogP contribution < -0.4 is 0 Å². The molecule has 0 heterocycles. The van der Waals surface area contributed by atoms with Gasteiger partial charge in [0, 0.05) is 0 Å². The van der Waals surface area contributed by atoms with E-state index in [1.54, 1.807) is 0 Å². The summed E-state index contributed by atoms with van der Waals surface area (Å²) >= 11 is 0. The maximum atomic E-state index is 11.8. The normalized spacial score (nSPS) is 10.6. The van der Waals surface area contributed by atoms with Gasteiger partial charge in [0.15, 0.2) is 0 Å². The second kappa shape index (κ2) is 6.93. The Bertz CT molecular complexity index is 560. The molecule has 0 aliphatic carbocycles. The molecule has 0 spiro atoms. The van der Waals surface area contributed by atoms with E-state index in [0.29, 0.717) is 6.08 Å². The van der Waals surface area contributed by atoms with Gasteiger partial charge in [0.25, 0.3) is 0 Å². The van der Waals surface area contributed by atoms with E-state index in [9.17, 15) is 19.5 Å². The maximum absolute atomic E-state index is 11.8. The average molecular weight is 280 g/mol. The number of ether oxygens (including phenoxy) is 3. The lowest BCUT2D eigenvalue weighted by atomic mass is 10.2. The Balaban J connectivity index is 2.99. The van der Waals surface area contributed by atoms with Crippen LogP contribution in [0.15, 0.2) is 36.1 Å². The first kappa shape index (κ1) is 15.2. The topological polar surface area (TPSA) is 99.1 Å². The molecule has 106 valence electrons. The molecule has 0 saturated heterocycles. The van der Waals surface area contributed by atoms with Gasteiger partial charge in [-0.2, -0.15) is 0 Å². The highest BCUT2D eigenvalue weighted by Crippen LogP contribution is 2.18. The van der Waals surface area contributed by atoms with Crippen molar-refractivity contribution < 1.29 is 33.7 Å². The molecule has 0 aliphatic rings. The van der Waals surface area contributed by atoms with Crippen molar-refractivity contribution in [3.63, 3.8) is 0 Å². The molecule has 0 atom stereocenters. The van der Waals surface area contributed by atoms with Crippen LogP contribution in [0.3, 0.4) is 0 Å². The molecular formula is C13H12O7. The van der Waals surface area contributed by atoms with E-state index in [2.05, 4.69) is 9.47 Å². The number of carbonyl (C=O) groups is 3. The van der Waals surface area contributed by atoms with E-state index >= 15 is 0 Å². The van der Waals surface area contributed by atoms with Crippen molar-refractivity contribution in [3.05, 3.63) is 41.7 Å². The fraction of sp³-hybridized carbons (Fsp3) is 0.154. The lowest BCUT2D eigenvalue weighted by molar-refractivity contribution is -0.141. The van der Waals surface area contributed by atoms with Gasteiger partial charge in [0.1, 0.15) is 11.3 Å². The van der Waals surface area contributed by atoms with Crippen LogP contribution in [0, 0.1) is 0 Å². The first-order valence-corrected chi connectivity index (χ1v) is 5.37. The predicted octanol–water partition coefficient (Wildman–Crippen LogP) is 0.779. The van der Waals surface area contributed by atoms with Crippen molar-refractivity contribution in [3.8, 4) is 5.75 Å². The molecule has 0 radical (unpaired) electrons. The maximum Gasteiger partial charge on any atom is 0.374 e. The summed E-state index contributed by atoms with van der Waals surface area (Å²) in [6.07, 6.45) is 0.670. The van der Waals surface area contributed by atoms with Crippen LogP contribution in [-0.4, -0.2) is 37.2 Å². The Morgan fingerprint density at radius 2 is 1.75 bits per heavy atom. The summed E-state index contributed by atoms with van der Waals surface area (Å²) in [7, 11) is 2.15. The predicted molar refractivity (Wildman–Crippen MR) is 65.6 cm³/mol. The Kier molecular flexibility index (Phi) is 5.28. The number of phenols is 1. The monoisotopic (exact) mass is 280 g/mol. The third-order valence-electron chi connectivity index (χ3n) is 2.16. The van der Waals surface area contributed by atoms with Gasteiger partial charge in [0.2, 0.25) is 5.76 Å². The molecule has 1 aromatic carbocycles. The number of carbonyl (C=O) groups excluding carboxylic acids is 3. The van der Waals surface area contributed by atoms with Gasteiger partial charge in [0.05, 0.1) is 20.3 Å². The van der Waals surface area contributed by atoms with Crippen molar-refractivity contribution >= 4 is 17.9 Å². The van der Waals surface area contributed by atoms with Crippen molar-refractivity contribution in [1.82, 2.24) is 0 Å². The van der Waals surface area contributed by atoms with E-state index in [0.717, 1.165) is 14.2 Å². The fourth-order valence-corrected chi connectivity index (χ4v) is 1.20. The lowest BCUT2D eigenvalue weighted by Gasteiger charge is -2.07. The van der Waals surface area contributed by atoms with E-state index in [1.807, 2.05) is 0 Å². The summed E-state index contributed by atoms with van der Waals surface area (Å²) in [6.45, 7) is 0. The smallest absolute Gasteiger partial charge is 0.374 e. The van der Waals surface area contributed by atoms with Gasteiger partial charge in [-0.3, -0.25) is 0 Å². The highest BCUT2D eigenvalue weighted by Gasteiger charge is 2.21. The van der Waals surface area contributed by atoms with Crippen LogP contribution in [0.25, 0.3) is 0 Å². The fourth-order valence-electron chi connectivity index (χ4n) is 1.20. The summed E-state index contributed by atoms with van der Waals surface area (Å²) in [6, 6.07) is 5.58. The van der Waals surface area contributed by atoms with Crippen LogP contribution >= 0.6 is 0 Å². The third kappa shape index (κ3) is 3.84. The van der Waals surface area contributed by atoms with E-state index in [4.69, 9.17) is 4.74 Å². The molecule has 1 rings (SSSR count). The van der Waals surface area contributed by atoms with Crippen molar-refractivity contribution in [2.24, 2.45) is 0 Å². The third-order valence-corrected chi connectivity index (χ3v) is 2.16. The number of rotatable bonds is 4. The van der Waals surface area contributed by atoms with E-state index < -0.39 is 23.7 Å². The molecule has 1 N–H and O–H groups in total. The van der Waals surface area contributed by atoms with E-state index in [1.165, 1.54) is 24.3 Å². The van der Waals surface area contributed by atoms with Crippen LogP contribution in [0.2, 0.25) is 0 Å². The van der Waals surface area contributed by atoms with Gasteiger partial charge < -0.3 is 19.3 Å². The SMILES string of the molecule is COC(=O)/C=C(\OC(=O)c1ccccc1O)C(=O)OC. The highest BCUT2D eigenvalue weighted by molar-refractivity contribution is 6.00. The Morgan fingerprint density at radius 3 is 2.30 bits per heavy atom. The number of hydrogen-bond acceptors (Lipinski definition) is 7. The standard InChI is InChI=1S/C13H12O7/c1-18-11(15)7-10(13(17)19-2)20-12(16)8-5-3-4-6-9(8)14/h3-7,14H,1-2H3/b10-7-. The molecule has 7 nitrogen and oxygen atoms in total. The number of methoxy groups -OCH3 is 2. The lowest BCUT2D eigenvalue weighted by Crippen LogP contribution is -2.15. The summed E-state index contributed by atoms with van der Waals surface area (Å²) in [4.78, 5) is 34.2. The summed E-state index contributed by atoms with van der Waals surface area (Å²) in [5.74, 6) is -3.90. The second-order valence-electron chi connectivity index (χ2n) is 3.43. The molecule has 0 aliphatic heterocycles. The molecule has 7 heteroatoms. The summed E-state index contributed by atoms with van der Waals surface area (Å²) < 4.78 is 13.4.